The molecule has 0 radical (unpaired) electrons. The van der Waals surface area contributed by atoms with Crippen LogP contribution in [0.25, 0.3) is 0 Å². The Kier molecular flexibility index (Phi) is 6.74. The topological polar surface area (TPSA) is 49.4 Å². The van der Waals surface area contributed by atoms with Gasteiger partial charge in [-0.05, 0) is 42.0 Å². The summed E-state index contributed by atoms with van der Waals surface area (Å²) in [7, 11) is 0. The maximum Gasteiger partial charge on any atom is 0.229 e. The molecule has 0 saturated carbocycles. The van der Waals surface area contributed by atoms with Crippen LogP contribution in [0.15, 0.2) is 42.5 Å². The van der Waals surface area contributed by atoms with Crippen LogP contribution in [0.4, 0.5) is 5.69 Å². The van der Waals surface area contributed by atoms with Crippen molar-refractivity contribution in [3.8, 4) is 0 Å². The summed E-state index contributed by atoms with van der Waals surface area (Å²) in [5.74, 6) is -0.368. The van der Waals surface area contributed by atoms with Crippen molar-refractivity contribution in [3.05, 3.63) is 64.2 Å². The first-order valence-electron chi connectivity index (χ1n) is 9.96. The average Bonchev–Trinajstić information content (AvgIpc) is 3.08. The van der Waals surface area contributed by atoms with Crippen LogP contribution in [-0.4, -0.2) is 29.8 Å². The van der Waals surface area contributed by atoms with Crippen molar-refractivity contribution < 1.29 is 9.59 Å². The third-order valence-corrected chi connectivity index (χ3v) is 5.78. The number of hydrogen-bond donors (Lipinski definition) is 1. The Morgan fingerprint density at radius 3 is 2.57 bits per heavy atom. The number of rotatable bonds is 7. The molecule has 1 N–H and O–H groups in total. The lowest BCUT2D eigenvalue weighted by Crippen LogP contribution is -2.30. The van der Waals surface area contributed by atoms with Crippen molar-refractivity contribution in [2.24, 2.45) is 5.92 Å². The van der Waals surface area contributed by atoms with Gasteiger partial charge in [0.1, 0.15) is 0 Å². The molecule has 1 aliphatic heterocycles. The van der Waals surface area contributed by atoms with Crippen molar-refractivity contribution in [3.63, 3.8) is 0 Å². The predicted molar refractivity (Wildman–Crippen MR) is 114 cm³/mol. The van der Waals surface area contributed by atoms with Gasteiger partial charge in [0.25, 0.3) is 0 Å². The molecule has 0 aromatic heterocycles. The van der Waals surface area contributed by atoms with Crippen LogP contribution in [0.1, 0.15) is 37.0 Å². The first kappa shape index (κ1) is 20.4. The van der Waals surface area contributed by atoms with Gasteiger partial charge in [-0.25, -0.2) is 0 Å². The standard InChI is InChI=1S/C23H27ClN2O2/c1-3-17-10-11-20(24)19(4-2)22(17)25-23(28)18-14-21(27)26(15-18)13-12-16-8-6-5-7-9-16/h5-11,18H,3-4,12-15H2,1-2H3,(H,25,28). The number of likely N-dealkylation sites (tertiary alicyclic amines) is 1. The van der Waals surface area contributed by atoms with Crippen LogP contribution in [-0.2, 0) is 28.9 Å². The van der Waals surface area contributed by atoms with Gasteiger partial charge in [0.2, 0.25) is 11.8 Å². The number of hydrogen-bond acceptors (Lipinski definition) is 2. The Bertz CT molecular complexity index is 851. The molecule has 3 rings (SSSR count). The van der Waals surface area contributed by atoms with E-state index in [9.17, 15) is 9.59 Å². The lowest BCUT2D eigenvalue weighted by atomic mass is 10.0. The van der Waals surface area contributed by atoms with Crippen LogP contribution >= 0.6 is 11.6 Å². The summed E-state index contributed by atoms with van der Waals surface area (Å²) >= 11 is 6.33. The van der Waals surface area contributed by atoms with Gasteiger partial charge in [-0.1, -0.05) is 61.8 Å². The fourth-order valence-corrected chi connectivity index (χ4v) is 4.06. The molecule has 1 heterocycles. The summed E-state index contributed by atoms with van der Waals surface area (Å²) in [4.78, 5) is 27.1. The second-order valence-electron chi connectivity index (χ2n) is 7.23. The van der Waals surface area contributed by atoms with Gasteiger partial charge < -0.3 is 10.2 Å². The molecule has 0 aliphatic carbocycles. The smallest absolute Gasteiger partial charge is 0.229 e. The first-order chi connectivity index (χ1) is 13.5. The number of nitrogens with one attached hydrogen (secondary N) is 1. The minimum absolute atomic E-state index is 0.0496. The molecule has 1 aliphatic rings. The third-order valence-electron chi connectivity index (χ3n) is 5.42. The van der Waals surface area contributed by atoms with E-state index in [0.717, 1.165) is 36.1 Å². The number of aryl methyl sites for hydroxylation is 1. The lowest BCUT2D eigenvalue weighted by molar-refractivity contribution is -0.128. The van der Waals surface area contributed by atoms with Crippen LogP contribution in [0, 0.1) is 5.92 Å². The van der Waals surface area contributed by atoms with Gasteiger partial charge in [-0.2, -0.15) is 0 Å². The summed E-state index contributed by atoms with van der Waals surface area (Å²) in [6.45, 7) is 5.20. The molecule has 28 heavy (non-hydrogen) atoms. The average molecular weight is 399 g/mol. The number of benzene rings is 2. The molecule has 1 saturated heterocycles. The van der Waals surface area contributed by atoms with E-state index in [1.54, 1.807) is 4.90 Å². The molecule has 0 spiro atoms. The van der Waals surface area contributed by atoms with Crippen LogP contribution in [0.5, 0.6) is 0 Å². The van der Waals surface area contributed by atoms with Gasteiger partial charge in [-0.15, -0.1) is 0 Å². The highest BCUT2D eigenvalue weighted by atomic mass is 35.5. The predicted octanol–water partition coefficient (Wildman–Crippen LogP) is 4.49. The Morgan fingerprint density at radius 2 is 1.89 bits per heavy atom. The number of carbonyl (C=O) groups is 2. The van der Waals surface area contributed by atoms with Crippen LogP contribution in [0.2, 0.25) is 5.02 Å². The lowest BCUT2D eigenvalue weighted by Gasteiger charge is -2.19. The van der Waals surface area contributed by atoms with Crippen molar-refractivity contribution in [1.29, 1.82) is 0 Å². The summed E-state index contributed by atoms with van der Waals surface area (Å²) in [5, 5.41) is 3.74. The molecular weight excluding hydrogens is 372 g/mol. The molecule has 4 nitrogen and oxygen atoms in total. The minimum Gasteiger partial charge on any atom is -0.342 e. The Hall–Kier alpha value is -2.33. The normalized spacial score (nSPS) is 16.5. The highest BCUT2D eigenvalue weighted by Crippen LogP contribution is 2.30. The van der Waals surface area contributed by atoms with Crippen LogP contribution in [0.3, 0.4) is 0 Å². The maximum atomic E-state index is 12.9. The minimum atomic E-state index is -0.323. The quantitative estimate of drug-likeness (QED) is 0.746. The number of halogens is 1. The van der Waals surface area contributed by atoms with Gasteiger partial charge in [0.05, 0.1) is 5.92 Å². The molecule has 2 amide bonds. The van der Waals surface area contributed by atoms with E-state index in [1.807, 2.05) is 37.3 Å². The van der Waals surface area contributed by atoms with Crippen LogP contribution < -0.4 is 5.32 Å². The molecule has 1 fully saturated rings. The fourth-order valence-electron chi connectivity index (χ4n) is 3.76. The van der Waals surface area contributed by atoms with E-state index < -0.39 is 0 Å². The number of nitrogens with zero attached hydrogens (tertiary/aromatic N) is 1. The molecule has 148 valence electrons. The van der Waals surface area contributed by atoms with Crippen molar-refractivity contribution in [2.75, 3.05) is 18.4 Å². The van der Waals surface area contributed by atoms with E-state index >= 15 is 0 Å². The third kappa shape index (κ3) is 4.56. The molecular formula is C23H27ClN2O2. The fraction of sp³-hybridized carbons (Fsp3) is 0.391. The number of carbonyl (C=O) groups excluding carboxylic acids is 2. The molecule has 2 aromatic carbocycles. The summed E-state index contributed by atoms with van der Waals surface area (Å²) < 4.78 is 0. The van der Waals surface area contributed by atoms with Crippen molar-refractivity contribution in [1.82, 2.24) is 4.90 Å². The molecule has 2 aromatic rings. The van der Waals surface area contributed by atoms with Crippen molar-refractivity contribution in [2.45, 2.75) is 39.5 Å². The Labute approximate surface area is 171 Å². The van der Waals surface area contributed by atoms with Gasteiger partial charge in [-0.3, -0.25) is 9.59 Å². The van der Waals surface area contributed by atoms with E-state index in [2.05, 4.69) is 24.4 Å². The Balaban J connectivity index is 1.66. The number of anilines is 1. The highest BCUT2D eigenvalue weighted by molar-refractivity contribution is 6.32. The molecule has 1 unspecified atom stereocenters. The second-order valence-corrected chi connectivity index (χ2v) is 7.64. The maximum absolute atomic E-state index is 12.9. The molecule has 0 bridgehead atoms. The van der Waals surface area contributed by atoms with Gasteiger partial charge in [0.15, 0.2) is 0 Å². The SMILES string of the molecule is CCc1ccc(Cl)c(CC)c1NC(=O)C1CC(=O)N(CCc2ccccc2)C1. The first-order valence-corrected chi connectivity index (χ1v) is 10.3. The molecule has 5 heteroatoms. The largest absolute Gasteiger partial charge is 0.342 e. The summed E-state index contributed by atoms with van der Waals surface area (Å²) in [6, 6.07) is 13.9. The van der Waals surface area contributed by atoms with E-state index in [-0.39, 0.29) is 24.2 Å². The second kappa shape index (κ2) is 9.24. The summed E-state index contributed by atoms with van der Waals surface area (Å²) in [5.41, 5.74) is 4.04. The Morgan fingerprint density at radius 1 is 1.14 bits per heavy atom. The van der Waals surface area contributed by atoms with E-state index in [4.69, 9.17) is 11.6 Å². The zero-order chi connectivity index (χ0) is 20.1. The van der Waals surface area contributed by atoms with Gasteiger partial charge in [0, 0.05) is 30.2 Å². The number of amides is 2. The van der Waals surface area contributed by atoms with E-state index in [0.29, 0.717) is 18.1 Å². The van der Waals surface area contributed by atoms with E-state index in [1.165, 1.54) is 5.56 Å². The zero-order valence-corrected chi connectivity index (χ0v) is 17.3. The molecule has 1 atom stereocenters. The van der Waals surface area contributed by atoms with Crippen molar-refractivity contribution >= 4 is 29.1 Å². The van der Waals surface area contributed by atoms with Gasteiger partial charge >= 0.3 is 0 Å². The monoisotopic (exact) mass is 398 g/mol. The highest BCUT2D eigenvalue weighted by Gasteiger charge is 2.34. The zero-order valence-electron chi connectivity index (χ0n) is 16.5. The summed E-state index contributed by atoms with van der Waals surface area (Å²) in [6.07, 6.45) is 2.63.